The molecule has 0 atom stereocenters. The molecular formula is C13H8ClNO2S. The number of nitrogens with one attached hydrogen (secondary N) is 1. The molecule has 0 unspecified atom stereocenters. The molecule has 3 nitrogen and oxygen atoms in total. The molecule has 0 saturated carbocycles. The second-order valence-electron chi connectivity index (χ2n) is 3.86. The van der Waals surface area contributed by atoms with E-state index in [-0.39, 0.29) is 5.56 Å². The van der Waals surface area contributed by atoms with Gasteiger partial charge in [0.2, 0.25) is 0 Å². The van der Waals surface area contributed by atoms with Gasteiger partial charge in [0.1, 0.15) is 0 Å². The number of anilines is 2. The van der Waals surface area contributed by atoms with Crippen LogP contribution >= 0.6 is 23.4 Å². The Hall–Kier alpha value is -1.65. The summed E-state index contributed by atoms with van der Waals surface area (Å²) in [7, 11) is 0. The highest BCUT2D eigenvalue weighted by Crippen LogP contribution is 2.46. The third-order valence-corrected chi connectivity index (χ3v) is 4.12. The van der Waals surface area contributed by atoms with Crippen LogP contribution in [0.5, 0.6) is 0 Å². The van der Waals surface area contributed by atoms with Gasteiger partial charge >= 0.3 is 5.97 Å². The highest BCUT2D eigenvalue weighted by atomic mass is 35.5. The van der Waals surface area contributed by atoms with Crippen molar-refractivity contribution in [3.05, 3.63) is 47.0 Å². The third-order valence-electron chi connectivity index (χ3n) is 2.68. The fourth-order valence-corrected chi connectivity index (χ4v) is 3.15. The summed E-state index contributed by atoms with van der Waals surface area (Å²) < 4.78 is 0. The molecule has 0 amide bonds. The second kappa shape index (κ2) is 4.23. The number of aromatic carboxylic acids is 1. The number of hydrogen-bond acceptors (Lipinski definition) is 3. The predicted octanol–water partition coefficient (Wildman–Crippen LogP) is 4.25. The molecule has 18 heavy (non-hydrogen) atoms. The quantitative estimate of drug-likeness (QED) is 0.698. The standard InChI is InChI=1S/C13H8ClNO2S/c14-8-2-1-3-10-12(8)15-9-5-4-7(13(16)17)6-11(9)18-10/h1-6,15H,(H,16,17). The molecule has 3 rings (SSSR count). The van der Waals surface area contributed by atoms with Crippen molar-refractivity contribution >= 4 is 40.7 Å². The van der Waals surface area contributed by atoms with Crippen molar-refractivity contribution in [2.24, 2.45) is 0 Å². The van der Waals surface area contributed by atoms with Crippen molar-refractivity contribution in [3.63, 3.8) is 0 Å². The molecule has 0 aliphatic carbocycles. The van der Waals surface area contributed by atoms with Gasteiger partial charge in [-0.15, -0.1) is 0 Å². The molecular weight excluding hydrogens is 270 g/mol. The van der Waals surface area contributed by atoms with Crippen LogP contribution in [0.4, 0.5) is 11.4 Å². The summed E-state index contributed by atoms with van der Waals surface area (Å²) in [4.78, 5) is 12.8. The van der Waals surface area contributed by atoms with Crippen LogP contribution in [0.2, 0.25) is 5.02 Å². The molecule has 0 fully saturated rings. The lowest BCUT2D eigenvalue weighted by Crippen LogP contribution is -2.03. The van der Waals surface area contributed by atoms with Crippen LogP contribution in [-0.4, -0.2) is 11.1 Å². The summed E-state index contributed by atoms with van der Waals surface area (Å²) >= 11 is 7.64. The molecule has 0 spiro atoms. The number of benzene rings is 2. The normalized spacial score (nSPS) is 12.3. The third kappa shape index (κ3) is 1.83. The summed E-state index contributed by atoms with van der Waals surface area (Å²) in [5.41, 5.74) is 2.04. The Kier molecular flexibility index (Phi) is 2.69. The molecule has 0 saturated heterocycles. The van der Waals surface area contributed by atoms with Crippen molar-refractivity contribution in [1.82, 2.24) is 0 Å². The Morgan fingerprint density at radius 2 is 2.06 bits per heavy atom. The van der Waals surface area contributed by atoms with E-state index in [4.69, 9.17) is 16.7 Å². The minimum atomic E-state index is -0.921. The van der Waals surface area contributed by atoms with E-state index in [0.717, 1.165) is 21.2 Å². The largest absolute Gasteiger partial charge is 0.478 e. The zero-order valence-electron chi connectivity index (χ0n) is 9.11. The first-order chi connectivity index (χ1) is 8.65. The number of rotatable bonds is 1. The van der Waals surface area contributed by atoms with Gasteiger partial charge in [0.25, 0.3) is 0 Å². The molecule has 0 aromatic heterocycles. The number of halogens is 1. The average Bonchev–Trinajstić information content (AvgIpc) is 2.36. The Morgan fingerprint density at radius 1 is 1.22 bits per heavy atom. The predicted molar refractivity (Wildman–Crippen MR) is 72.3 cm³/mol. The molecule has 0 radical (unpaired) electrons. The molecule has 1 heterocycles. The van der Waals surface area contributed by atoms with E-state index in [9.17, 15) is 4.79 Å². The fraction of sp³-hybridized carbons (Fsp3) is 0. The molecule has 2 N–H and O–H groups in total. The minimum Gasteiger partial charge on any atom is -0.478 e. The fourth-order valence-electron chi connectivity index (χ4n) is 1.81. The first-order valence-electron chi connectivity index (χ1n) is 5.26. The summed E-state index contributed by atoms with van der Waals surface area (Å²) in [6.07, 6.45) is 0. The van der Waals surface area contributed by atoms with E-state index in [1.54, 1.807) is 18.2 Å². The summed E-state index contributed by atoms with van der Waals surface area (Å²) in [6.45, 7) is 0. The maximum Gasteiger partial charge on any atom is 0.335 e. The van der Waals surface area contributed by atoms with Gasteiger partial charge in [0.05, 0.1) is 22.0 Å². The van der Waals surface area contributed by atoms with Gasteiger partial charge in [0.15, 0.2) is 0 Å². The lowest BCUT2D eigenvalue weighted by atomic mass is 10.2. The monoisotopic (exact) mass is 277 g/mol. The summed E-state index contributed by atoms with van der Waals surface area (Å²) in [5, 5.41) is 12.9. The summed E-state index contributed by atoms with van der Waals surface area (Å²) in [6, 6.07) is 10.7. The van der Waals surface area contributed by atoms with Crippen LogP contribution in [-0.2, 0) is 0 Å². The van der Waals surface area contributed by atoms with Gasteiger partial charge < -0.3 is 10.4 Å². The second-order valence-corrected chi connectivity index (χ2v) is 5.35. The van der Waals surface area contributed by atoms with Crippen molar-refractivity contribution in [2.45, 2.75) is 9.79 Å². The van der Waals surface area contributed by atoms with Crippen molar-refractivity contribution in [3.8, 4) is 0 Å². The maximum atomic E-state index is 10.9. The van der Waals surface area contributed by atoms with E-state index >= 15 is 0 Å². The van der Waals surface area contributed by atoms with Gasteiger partial charge in [-0.05, 0) is 30.3 Å². The molecule has 2 aromatic carbocycles. The zero-order valence-corrected chi connectivity index (χ0v) is 10.7. The van der Waals surface area contributed by atoms with E-state index in [1.165, 1.54) is 11.8 Å². The molecule has 5 heteroatoms. The lowest BCUT2D eigenvalue weighted by Gasteiger charge is -2.21. The van der Waals surface area contributed by atoms with Crippen LogP contribution in [0.1, 0.15) is 10.4 Å². The van der Waals surface area contributed by atoms with Gasteiger partial charge in [-0.25, -0.2) is 4.79 Å². The Balaban J connectivity index is 2.08. The highest BCUT2D eigenvalue weighted by molar-refractivity contribution is 7.99. The molecule has 2 aromatic rings. The van der Waals surface area contributed by atoms with Crippen LogP contribution in [0.25, 0.3) is 0 Å². The van der Waals surface area contributed by atoms with Crippen LogP contribution in [0.15, 0.2) is 46.2 Å². The van der Waals surface area contributed by atoms with Crippen LogP contribution in [0.3, 0.4) is 0 Å². The van der Waals surface area contributed by atoms with Crippen molar-refractivity contribution in [2.75, 3.05) is 5.32 Å². The summed E-state index contributed by atoms with van der Waals surface area (Å²) in [5.74, 6) is -0.921. The molecule has 90 valence electrons. The SMILES string of the molecule is O=C(O)c1ccc2c(c1)Sc1cccc(Cl)c1N2. The van der Waals surface area contributed by atoms with Gasteiger partial charge in [0, 0.05) is 9.79 Å². The highest BCUT2D eigenvalue weighted by Gasteiger charge is 2.18. The van der Waals surface area contributed by atoms with Crippen molar-refractivity contribution in [1.29, 1.82) is 0 Å². The molecule has 1 aliphatic rings. The Morgan fingerprint density at radius 3 is 2.83 bits per heavy atom. The van der Waals surface area contributed by atoms with Gasteiger partial charge in [-0.2, -0.15) is 0 Å². The molecule has 1 aliphatic heterocycles. The average molecular weight is 278 g/mol. The smallest absolute Gasteiger partial charge is 0.335 e. The van der Waals surface area contributed by atoms with Gasteiger partial charge in [-0.3, -0.25) is 0 Å². The van der Waals surface area contributed by atoms with Crippen LogP contribution < -0.4 is 5.32 Å². The first kappa shape index (κ1) is 11.4. The van der Waals surface area contributed by atoms with Crippen LogP contribution in [0, 0.1) is 0 Å². The number of carboxylic acids is 1. The Bertz CT molecular complexity index is 657. The number of carbonyl (C=O) groups is 1. The van der Waals surface area contributed by atoms with E-state index in [0.29, 0.717) is 5.02 Å². The number of fused-ring (bicyclic) bond motifs is 2. The zero-order chi connectivity index (χ0) is 12.7. The van der Waals surface area contributed by atoms with E-state index in [2.05, 4.69) is 5.32 Å². The topological polar surface area (TPSA) is 49.3 Å². The van der Waals surface area contributed by atoms with E-state index < -0.39 is 5.97 Å². The molecule has 0 bridgehead atoms. The number of carboxylic acid groups (broad SMARTS) is 1. The lowest BCUT2D eigenvalue weighted by molar-refractivity contribution is 0.0696. The first-order valence-corrected chi connectivity index (χ1v) is 6.45. The minimum absolute atomic E-state index is 0.286. The maximum absolute atomic E-state index is 10.9. The Labute approximate surface area is 113 Å². The van der Waals surface area contributed by atoms with E-state index in [1.807, 2.05) is 18.2 Å². The van der Waals surface area contributed by atoms with Gasteiger partial charge in [-0.1, -0.05) is 29.4 Å². The van der Waals surface area contributed by atoms with Crippen molar-refractivity contribution < 1.29 is 9.90 Å². The number of para-hydroxylation sites is 1. The number of hydrogen-bond donors (Lipinski definition) is 2.